The Morgan fingerprint density at radius 2 is 1.95 bits per heavy atom. The molecule has 1 rings (SSSR count). The van der Waals surface area contributed by atoms with Crippen molar-refractivity contribution in [1.82, 2.24) is 5.32 Å². The number of methoxy groups -OCH3 is 1. The Morgan fingerprint density at radius 1 is 1.19 bits per heavy atom. The predicted molar refractivity (Wildman–Crippen MR) is 72.5 cm³/mol. The molecule has 0 aliphatic heterocycles. The number of alkyl halides is 3. The van der Waals surface area contributed by atoms with Crippen LogP contribution in [-0.4, -0.2) is 33.2 Å². The molecule has 120 valence electrons. The third-order valence-electron chi connectivity index (χ3n) is 2.62. The summed E-state index contributed by atoms with van der Waals surface area (Å²) in [5.41, 5.74) is 0.829. The van der Waals surface area contributed by atoms with Crippen molar-refractivity contribution in [3.63, 3.8) is 0 Å². The monoisotopic (exact) mass is 307 g/mol. The molecule has 0 bridgehead atoms. The van der Waals surface area contributed by atoms with Crippen LogP contribution in [0.5, 0.6) is 11.5 Å². The Kier molecular flexibility index (Phi) is 7.31. The van der Waals surface area contributed by atoms with Crippen LogP contribution < -0.4 is 14.8 Å². The van der Waals surface area contributed by atoms with E-state index >= 15 is 0 Å². The highest BCUT2D eigenvalue weighted by atomic mass is 19.4. The summed E-state index contributed by atoms with van der Waals surface area (Å²) in [7, 11) is 1.48. The lowest BCUT2D eigenvalue weighted by atomic mass is 10.2. The second kappa shape index (κ2) is 8.74. The van der Waals surface area contributed by atoms with Crippen molar-refractivity contribution in [1.29, 1.82) is 0 Å². The lowest BCUT2D eigenvalue weighted by Crippen LogP contribution is -2.19. The summed E-state index contributed by atoms with van der Waals surface area (Å²) in [6, 6.07) is 5.34. The summed E-state index contributed by atoms with van der Waals surface area (Å²) in [5, 5.41) is 3.21. The van der Waals surface area contributed by atoms with Crippen molar-refractivity contribution >= 4 is 0 Å². The fourth-order valence-corrected chi connectivity index (χ4v) is 1.73. The van der Waals surface area contributed by atoms with Crippen LogP contribution in [0.3, 0.4) is 0 Å². The zero-order valence-electron chi connectivity index (χ0n) is 12.1. The molecule has 0 fully saturated rings. The van der Waals surface area contributed by atoms with Gasteiger partial charge in [0.05, 0.1) is 13.7 Å². The van der Waals surface area contributed by atoms with E-state index in [-0.39, 0.29) is 6.61 Å². The maximum absolute atomic E-state index is 11.9. The Labute approximate surface area is 122 Å². The first-order valence-corrected chi connectivity index (χ1v) is 6.68. The number of benzene rings is 1. The largest absolute Gasteiger partial charge is 0.522 e. The highest BCUT2D eigenvalue weighted by Crippen LogP contribution is 2.31. The molecule has 0 unspecified atom stereocenters. The van der Waals surface area contributed by atoms with E-state index in [1.807, 2.05) is 13.0 Å². The zero-order valence-corrected chi connectivity index (χ0v) is 12.1. The third kappa shape index (κ3) is 6.68. The van der Waals surface area contributed by atoms with Crippen LogP contribution in [0.1, 0.15) is 18.9 Å². The van der Waals surface area contributed by atoms with Gasteiger partial charge in [-0.3, -0.25) is 4.74 Å². The lowest BCUT2D eigenvalue weighted by molar-refractivity contribution is -0.325. The molecule has 0 saturated carbocycles. The minimum absolute atomic E-state index is 0.208. The van der Waals surface area contributed by atoms with Gasteiger partial charge in [0.15, 0.2) is 11.5 Å². The van der Waals surface area contributed by atoms with Crippen LogP contribution >= 0.6 is 0 Å². The Bertz CT molecular complexity index is 424. The number of ether oxygens (including phenoxy) is 3. The molecule has 0 saturated heterocycles. The van der Waals surface area contributed by atoms with E-state index in [1.54, 1.807) is 12.1 Å². The van der Waals surface area contributed by atoms with Gasteiger partial charge in [0.2, 0.25) is 0 Å². The SMILES string of the molecule is CCCNCc1cccc(OC)c1OCCOC(F)(F)F. The van der Waals surface area contributed by atoms with E-state index in [4.69, 9.17) is 9.47 Å². The summed E-state index contributed by atoms with van der Waals surface area (Å²) in [6.07, 6.45) is -3.66. The first-order valence-electron chi connectivity index (χ1n) is 6.68. The van der Waals surface area contributed by atoms with Gasteiger partial charge in [0, 0.05) is 12.1 Å². The van der Waals surface area contributed by atoms with Crippen molar-refractivity contribution in [2.75, 3.05) is 26.9 Å². The van der Waals surface area contributed by atoms with Crippen molar-refractivity contribution in [3.8, 4) is 11.5 Å². The van der Waals surface area contributed by atoms with Crippen LogP contribution in [0, 0.1) is 0 Å². The van der Waals surface area contributed by atoms with Crippen molar-refractivity contribution < 1.29 is 27.4 Å². The van der Waals surface area contributed by atoms with Crippen molar-refractivity contribution in [2.45, 2.75) is 26.3 Å². The number of hydrogen-bond donors (Lipinski definition) is 1. The Balaban J connectivity index is 2.64. The molecule has 0 spiro atoms. The first-order chi connectivity index (χ1) is 9.98. The number of rotatable bonds is 9. The van der Waals surface area contributed by atoms with Gasteiger partial charge >= 0.3 is 6.36 Å². The molecule has 0 aliphatic carbocycles. The smallest absolute Gasteiger partial charge is 0.493 e. The van der Waals surface area contributed by atoms with Gasteiger partial charge < -0.3 is 14.8 Å². The molecule has 0 heterocycles. The summed E-state index contributed by atoms with van der Waals surface area (Å²) >= 11 is 0. The van der Waals surface area contributed by atoms with Crippen LogP contribution in [0.25, 0.3) is 0 Å². The van der Waals surface area contributed by atoms with Gasteiger partial charge in [-0.25, -0.2) is 0 Å². The molecule has 1 aromatic carbocycles. The molecule has 21 heavy (non-hydrogen) atoms. The fourth-order valence-electron chi connectivity index (χ4n) is 1.73. The maximum atomic E-state index is 11.9. The summed E-state index contributed by atoms with van der Waals surface area (Å²) in [6.45, 7) is 2.67. The molecule has 0 atom stereocenters. The lowest BCUT2D eigenvalue weighted by Gasteiger charge is -2.16. The number of hydrogen-bond acceptors (Lipinski definition) is 4. The van der Waals surface area contributed by atoms with Gasteiger partial charge in [-0.05, 0) is 19.0 Å². The van der Waals surface area contributed by atoms with Gasteiger partial charge in [-0.2, -0.15) is 0 Å². The molecular formula is C14H20F3NO3. The van der Waals surface area contributed by atoms with Gasteiger partial charge in [0.25, 0.3) is 0 Å². The predicted octanol–water partition coefficient (Wildman–Crippen LogP) is 3.11. The van der Waals surface area contributed by atoms with Crippen LogP contribution in [0.4, 0.5) is 13.2 Å². The topological polar surface area (TPSA) is 39.7 Å². The van der Waals surface area contributed by atoms with Crippen molar-refractivity contribution in [3.05, 3.63) is 23.8 Å². The van der Waals surface area contributed by atoms with Crippen LogP contribution in [0.15, 0.2) is 18.2 Å². The maximum Gasteiger partial charge on any atom is 0.522 e. The van der Waals surface area contributed by atoms with Gasteiger partial charge in [0.1, 0.15) is 6.61 Å². The fraction of sp³-hybridized carbons (Fsp3) is 0.571. The van der Waals surface area contributed by atoms with E-state index in [2.05, 4.69) is 10.1 Å². The molecule has 0 amide bonds. The summed E-state index contributed by atoms with van der Waals surface area (Å²) < 4.78 is 49.9. The minimum Gasteiger partial charge on any atom is -0.493 e. The second-order valence-electron chi connectivity index (χ2n) is 4.27. The normalized spacial score (nSPS) is 11.5. The second-order valence-corrected chi connectivity index (χ2v) is 4.27. The number of para-hydroxylation sites is 1. The van der Waals surface area contributed by atoms with E-state index in [0.29, 0.717) is 18.0 Å². The molecular weight excluding hydrogens is 287 g/mol. The molecule has 1 aromatic rings. The first kappa shape index (κ1) is 17.6. The molecule has 0 radical (unpaired) electrons. The molecule has 4 nitrogen and oxygen atoms in total. The summed E-state index contributed by atoms with van der Waals surface area (Å²) in [5.74, 6) is 0.923. The molecule has 7 heteroatoms. The molecule has 0 aliphatic rings. The number of nitrogens with one attached hydrogen (secondary N) is 1. The minimum atomic E-state index is -4.64. The van der Waals surface area contributed by atoms with E-state index in [9.17, 15) is 13.2 Å². The van der Waals surface area contributed by atoms with E-state index < -0.39 is 13.0 Å². The van der Waals surface area contributed by atoms with Gasteiger partial charge in [-0.1, -0.05) is 19.1 Å². The molecule has 1 N–H and O–H groups in total. The van der Waals surface area contributed by atoms with Crippen molar-refractivity contribution in [2.24, 2.45) is 0 Å². The Hall–Kier alpha value is -1.47. The molecule has 0 aromatic heterocycles. The number of halogens is 3. The van der Waals surface area contributed by atoms with Crippen LogP contribution in [-0.2, 0) is 11.3 Å². The average molecular weight is 307 g/mol. The standard InChI is InChI=1S/C14H20F3NO3/c1-3-7-18-10-11-5-4-6-12(19-2)13(11)20-8-9-21-14(15,16)17/h4-6,18H,3,7-10H2,1-2H3. The average Bonchev–Trinajstić information content (AvgIpc) is 2.43. The van der Waals surface area contributed by atoms with E-state index in [1.165, 1.54) is 7.11 Å². The van der Waals surface area contributed by atoms with E-state index in [0.717, 1.165) is 18.5 Å². The van der Waals surface area contributed by atoms with Gasteiger partial charge in [-0.15, -0.1) is 13.2 Å². The van der Waals surface area contributed by atoms with Crippen LogP contribution in [0.2, 0.25) is 0 Å². The Morgan fingerprint density at radius 3 is 2.57 bits per heavy atom. The summed E-state index contributed by atoms with van der Waals surface area (Å²) in [4.78, 5) is 0. The quantitative estimate of drug-likeness (QED) is 0.712. The highest BCUT2D eigenvalue weighted by molar-refractivity contribution is 5.46. The highest BCUT2D eigenvalue weighted by Gasteiger charge is 2.28. The zero-order chi connectivity index (χ0) is 15.7. The third-order valence-corrected chi connectivity index (χ3v) is 2.62.